The normalized spacial score (nSPS) is 19.5. The average Bonchev–Trinajstić information content (AvgIpc) is 2.80. The summed E-state index contributed by atoms with van der Waals surface area (Å²) in [5.41, 5.74) is -0.337. The number of rotatable bonds is 2. The molecule has 17 heavy (non-hydrogen) atoms. The first kappa shape index (κ1) is 12.4. The van der Waals surface area contributed by atoms with Crippen LogP contribution in [0, 0.1) is 12.3 Å². The van der Waals surface area contributed by atoms with Crippen molar-refractivity contribution in [3.63, 3.8) is 0 Å². The third-order valence-electron chi connectivity index (χ3n) is 3.21. The molecule has 0 aromatic heterocycles. The Kier molecular flexibility index (Phi) is 3.43. The van der Waals surface area contributed by atoms with Crippen molar-refractivity contribution < 1.29 is 18.3 Å². The smallest absolute Gasteiger partial charge is 0.388 e. The predicted octanol–water partition coefficient (Wildman–Crippen LogP) is 3.74. The summed E-state index contributed by atoms with van der Waals surface area (Å²) in [6.07, 6.45) is -0.523. The Labute approximate surface area is 98.3 Å². The molecule has 1 saturated carbocycles. The van der Waals surface area contributed by atoms with E-state index in [1.165, 1.54) is 6.07 Å². The Morgan fingerprint density at radius 3 is 2.65 bits per heavy atom. The summed E-state index contributed by atoms with van der Waals surface area (Å²) in [5.74, 6) is 0.0542. The molecule has 0 bridgehead atoms. The summed E-state index contributed by atoms with van der Waals surface area (Å²) in [6, 6.07) is 4.97. The first-order valence-electron chi connectivity index (χ1n) is 5.65. The van der Waals surface area contributed by atoms with E-state index >= 15 is 0 Å². The van der Waals surface area contributed by atoms with Crippen LogP contribution in [0.25, 0.3) is 0 Å². The zero-order valence-corrected chi connectivity index (χ0v) is 9.24. The van der Waals surface area contributed by atoms with Crippen molar-refractivity contribution in [3.8, 4) is 0 Å². The minimum atomic E-state index is -4.35. The molecular weight excluding hydrogens is 229 g/mol. The minimum absolute atomic E-state index is 0.0542. The van der Waals surface area contributed by atoms with Gasteiger partial charge >= 0.3 is 6.18 Å². The lowest BCUT2D eigenvalue weighted by Gasteiger charge is -2.19. The van der Waals surface area contributed by atoms with Gasteiger partial charge in [0.2, 0.25) is 0 Å². The van der Waals surface area contributed by atoms with E-state index in [9.17, 15) is 18.3 Å². The molecule has 1 radical (unpaired) electrons. The van der Waals surface area contributed by atoms with Gasteiger partial charge in [-0.3, -0.25) is 0 Å². The fourth-order valence-electron chi connectivity index (χ4n) is 2.24. The van der Waals surface area contributed by atoms with Crippen molar-refractivity contribution in [2.75, 3.05) is 0 Å². The maximum Gasteiger partial charge on any atom is 0.416 e. The molecule has 1 fully saturated rings. The number of benzene rings is 1. The van der Waals surface area contributed by atoms with Gasteiger partial charge in [-0.25, -0.2) is 0 Å². The van der Waals surface area contributed by atoms with Crippen LogP contribution in [-0.4, -0.2) is 5.11 Å². The Morgan fingerprint density at radius 2 is 2.06 bits per heavy atom. The lowest BCUT2D eigenvalue weighted by atomic mass is 9.93. The van der Waals surface area contributed by atoms with Gasteiger partial charge in [-0.05, 0) is 49.3 Å². The summed E-state index contributed by atoms with van der Waals surface area (Å²) in [6.45, 7) is 0. The van der Waals surface area contributed by atoms with Gasteiger partial charge in [-0.15, -0.1) is 0 Å². The van der Waals surface area contributed by atoms with Gasteiger partial charge in [0.15, 0.2) is 0 Å². The molecule has 93 valence electrons. The van der Waals surface area contributed by atoms with Crippen LogP contribution < -0.4 is 0 Å². The standard InChI is InChI=1S/C13H14F3O/c14-13(15,16)11-7-3-6-10(8-11)12(17)9-4-1-2-5-9/h1,3,6-9,12,17H,2,4-5H2. The Hall–Kier alpha value is -1.03. The fourth-order valence-corrected chi connectivity index (χ4v) is 2.24. The highest BCUT2D eigenvalue weighted by molar-refractivity contribution is 5.27. The molecule has 1 nitrogen and oxygen atoms in total. The van der Waals surface area contributed by atoms with Gasteiger partial charge in [-0.2, -0.15) is 13.2 Å². The molecule has 0 aliphatic heterocycles. The van der Waals surface area contributed by atoms with Crippen LogP contribution in [0.5, 0.6) is 0 Å². The second-order valence-corrected chi connectivity index (χ2v) is 4.43. The quantitative estimate of drug-likeness (QED) is 0.838. The van der Waals surface area contributed by atoms with Gasteiger partial charge < -0.3 is 5.11 Å². The highest BCUT2D eigenvalue weighted by Crippen LogP contribution is 2.37. The molecular formula is C13H14F3O. The van der Waals surface area contributed by atoms with Crippen LogP contribution in [0.15, 0.2) is 24.3 Å². The molecule has 1 N–H and O–H groups in total. The molecule has 0 spiro atoms. The van der Waals surface area contributed by atoms with Gasteiger partial charge in [0, 0.05) is 0 Å². The Balaban J connectivity index is 2.20. The number of hydrogen-bond donors (Lipinski definition) is 1. The van der Waals surface area contributed by atoms with Crippen molar-refractivity contribution in [1.82, 2.24) is 0 Å². The van der Waals surface area contributed by atoms with E-state index in [-0.39, 0.29) is 5.92 Å². The van der Waals surface area contributed by atoms with E-state index in [2.05, 4.69) is 6.42 Å². The average molecular weight is 243 g/mol. The van der Waals surface area contributed by atoms with E-state index in [0.717, 1.165) is 31.4 Å². The Bertz CT molecular complexity index is 380. The second kappa shape index (κ2) is 4.69. The SMILES string of the molecule is OC(c1cccc(C(F)(F)F)c1)C1C[CH]CC1. The van der Waals surface area contributed by atoms with Crippen LogP contribution >= 0.6 is 0 Å². The summed E-state index contributed by atoms with van der Waals surface area (Å²) < 4.78 is 37.6. The molecule has 1 aliphatic rings. The van der Waals surface area contributed by atoms with Crippen LogP contribution in [0.3, 0.4) is 0 Å². The van der Waals surface area contributed by atoms with Crippen molar-refractivity contribution in [1.29, 1.82) is 0 Å². The second-order valence-electron chi connectivity index (χ2n) is 4.43. The molecule has 0 amide bonds. The minimum Gasteiger partial charge on any atom is -0.388 e. The zero-order chi connectivity index (χ0) is 12.5. The molecule has 1 aromatic carbocycles. The molecule has 2 rings (SSSR count). The van der Waals surface area contributed by atoms with E-state index in [1.54, 1.807) is 6.07 Å². The van der Waals surface area contributed by atoms with Crippen LogP contribution in [0.2, 0.25) is 0 Å². The summed E-state index contributed by atoms with van der Waals surface area (Å²) in [4.78, 5) is 0. The van der Waals surface area contributed by atoms with E-state index in [4.69, 9.17) is 0 Å². The molecule has 2 unspecified atom stereocenters. The van der Waals surface area contributed by atoms with E-state index in [0.29, 0.717) is 5.56 Å². The summed E-state index contributed by atoms with van der Waals surface area (Å²) in [7, 11) is 0. The summed E-state index contributed by atoms with van der Waals surface area (Å²) >= 11 is 0. The highest BCUT2D eigenvalue weighted by atomic mass is 19.4. The zero-order valence-electron chi connectivity index (χ0n) is 9.24. The fraction of sp³-hybridized carbons (Fsp3) is 0.462. The van der Waals surface area contributed by atoms with Gasteiger partial charge in [-0.1, -0.05) is 12.1 Å². The third-order valence-corrected chi connectivity index (χ3v) is 3.21. The van der Waals surface area contributed by atoms with E-state index in [1.807, 2.05) is 0 Å². The molecule has 0 heterocycles. The van der Waals surface area contributed by atoms with Crippen LogP contribution in [-0.2, 0) is 6.18 Å². The number of aliphatic hydroxyl groups is 1. The van der Waals surface area contributed by atoms with Crippen LogP contribution in [0.1, 0.15) is 36.5 Å². The van der Waals surface area contributed by atoms with Crippen molar-refractivity contribution >= 4 is 0 Å². The highest BCUT2D eigenvalue weighted by Gasteiger charge is 2.32. The summed E-state index contributed by atoms with van der Waals surface area (Å²) in [5, 5.41) is 10.0. The van der Waals surface area contributed by atoms with Crippen molar-refractivity contribution in [2.45, 2.75) is 31.5 Å². The lowest BCUT2D eigenvalue weighted by molar-refractivity contribution is -0.137. The van der Waals surface area contributed by atoms with Gasteiger partial charge in [0.1, 0.15) is 0 Å². The number of aliphatic hydroxyl groups excluding tert-OH is 1. The molecule has 2 atom stereocenters. The lowest BCUT2D eigenvalue weighted by Crippen LogP contribution is -2.11. The number of hydrogen-bond acceptors (Lipinski definition) is 1. The largest absolute Gasteiger partial charge is 0.416 e. The van der Waals surface area contributed by atoms with E-state index < -0.39 is 17.8 Å². The number of alkyl halides is 3. The first-order valence-corrected chi connectivity index (χ1v) is 5.65. The predicted molar refractivity (Wildman–Crippen MR) is 58.0 cm³/mol. The van der Waals surface area contributed by atoms with Crippen molar-refractivity contribution in [3.05, 3.63) is 41.8 Å². The van der Waals surface area contributed by atoms with Crippen LogP contribution in [0.4, 0.5) is 13.2 Å². The maximum atomic E-state index is 12.5. The van der Waals surface area contributed by atoms with Gasteiger partial charge in [0.05, 0.1) is 11.7 Å². The first-order chi connectivity index (χ1) is 7.98. The molecule has 4 heteroatoms. The monoisotopic (exact) mass is 243 g/mol. The third kappa shape index (κ3) is 2.80. The molecule has 1 aromatic rings. The van der Waals surface area contributed by atoms with Crippen molar-refractivity contribution in [2.24, 2.45) is 5.92 Å². The number of halogens is 3. The maximum absolute atomic E-state index is 12.5. The molecule has 1 aliphatic carbocycles. The van der Waals surface area contributed by atoms with Gasteiger partial charge in [0.25, 0.3) is 0 Å². The topological polar surface area (TPSA) is 20.2 Å². The Morgan fingerprint density at radius 1 is 1.29 bits per heavy atom. The molecule has 0 saturated heterocycles.